The first-order chi connectivity index (χ1) is 10.2. The van der Waals surface area contributed by atoms with Crippen LogP contribution in [-0.2, 0) is 6.54 Å². The molecule has 0 aliphatic heterocycles. The maximum atomic E-state index is 6.02. The lowest BCUT2D eigenvalue weighted by molar-refractivity contribution is 0.471. The summed E-state index contributed by atoms with van der Waals surface area (Å²) in [6.07, 6.45) is 6.23. The van der Waals surface area contributed by atoms with Crippen molar-refractivity contribution in [1.82, 2.24) is 10.3 Å². The van der Waals surface area contributed by atoms with Crippen molar-refractivity contribution >= 4 is 0 Å². The number of nitrogens with zero attached hydrogens (tertiary/aromatic N) is 1. The SMILES string of the molecule is CC(C)c1ccc(Oc2ccncc2CNC2CC2)cc1. The molecule has 1 fully saturated rings. The van der Waals surface area contributed by atoms with E-state index in [-0.39, 0.29) is 0 Å². The summed E-state index contributed by atoms with van der Waals surface area (Å²) in [4.78, 5) is 4.20. The van der Waals surface area contributed by atoms with Crippen LogP contribution in [0.3, 0.4) is 0 Å². The minimum atomic E-state index is 0.540. The molecule has 110 valence electrons. The maximum Gasteiger partial charge on any atom is 0.134 e. The standard InChI is InChI=1S/C18H22N2O/c1-13(2)14-3-7-17(8-4-14)21-18-9-10-19-11-15(18)12-20-16-5-6-16/h3-4,7-11,13,16,20H,5-6,12H2,1-2H3. The Morgan fingerprint density at radius 2 is 1.95 bits per heavy atom. The molecule has 3 heteroatoms. The van der Waals surface area contributed by atoms with Gasteiger partial charge < -0.3 is 10.1 Å². The number of ether oxygens (including phenoxy) is 1. The predicted octanol–water partition coefficient (Wildman–Crippen LogP) is 4.25. The molecule has 1 heterocycles. The Labute approximate surface area is 126 Å². The highest BCUT2D eigenvalue weighted by Crippen LogP contribution is 2.27. The quantitative estimate of drug-likeness (QED) is 0.860. The molecule has 1 N–H and O–H groups in total. The average Bonchev–Trinajstić information content (AvgIpc) is 3.31. The van der Waals surface area contributed by atoms with Gasteiger partial charge in [0.2, 0.25) is 0 Å². The van der Waals surface area contributed by atoms with Gasteiger partial charge in [0.05, 0.1) is 0 Å². The number of aromatic nitrogens is 1. The molecule has 0 unspecified atom stereocenters. The van der Waals surface area contributed by atoms with Crippen LogP contribution in [0.25, 0.3) is 0 Å². The van der Waals surface area contributed by atoms with E-state index in [4.69, 9.17) is 4.74 Å². The van der Waals surface area contributed by atoms with E-state index < -0.39 is 0 Å². The molecule has 1 aliphatic rings. The fourth-order valence-electron chi connectivity index (χ4n) is 2.24. The van der Waals surface area contributed by atoms with Crippen molar-refractivity contribution in [3.8, 4) is 11.5 Å². The minimum Gasteiger partial charge on any atom is -0.457 e. The van der Waals surface area contributed by atoms with E-state index in [0.29, 0.717) is 12.0 Å². The van der Waals surface area contributed by atoms with Gasteiger partial charge in [-0.05, 0) is 42.5 Å². The molecule has 0 bridgehead atoms. The second-order valence-corrected chi connectivity index (χ2v) is 5.96. The molecule has 1 aromatic carbocycles. The molecule has 1 saturated carbocycles. The van der Waals surface area contributed by atoms with Crippen molar-refractivity contribution in [2.24, 2.45) is 0 Å². The van der Waals surface area contributed by atoms with E-state index >= 15 is 0 Å². The van der Waals surface area contributed by atoms with Gasteiger partial charge in [-0.2, -0.15) is 0 Å². The summed E-state index contributed by atoms with van der Waals surface area (Å²) in [5.41, 5.74) is 2.44. The summed E-state index contributed by atoms with van der Waals surface area (Å²) < 4.78 is 6.02. The van der Waals surface area contributed by atoms with Crippen LogP contribution in [0.4, 0.5) is 0 Å². The van der Waals surface area contributed by atoms with Crippen LogP contribution in [0, 0.1) is 0 Å². The molecular formula is C18H22N2O. The van der Waals surface area contributed by atoms with Crippen LogP contribution in [0.5, 0.6) is 11.5 Å². The van der Waals surface area contributed by atoms with Crippen LogP contribution in [-0.4, -0.2) is 11.0 Å². The molecule has 1 aliphatic carbocycles. The monoisotopic (exact) mass is 282 g/mol. The third kappa shape index (κ3) is 3.82. The van der Waals surface area contributed by atoms with Crippen LogP contribution < -0.4 is 10.1 Å². The molecule has 0 saturated heterocycles. The lowest BCUT2D eigenvalue weighted by Crippen LogP contribution is -2.15. The van der Waals surface area contributed by atoms with Crippen molar-refractivity contribution in [3.05, 3.63) is 53.9 Å². The van der Waals surface area contributed by atoms with Crippen molar-refractivity contribution in [3.63, 3.8) is 0 Å². The van der Waals surface area contributed by atoms with Crippen molar-refractivity contribution in [2.75, 3.05) is 0 Å². The first-order valence-electron chi connectivity index (χ1n) is 7.66. The van der Waals surface area contributed by atoms with Gasteiger partial charge in [0, 0.05) is 30.5 Å². The molecule has 1 aromatic heterocycles. The van der Waals surface area contributed by atoms with Gasteiger partial charge in [-0.3, -0.25) is 4.98 Å². The highest BCUT2D eigenvalue weighted by Gasteiger charge is 2.20. The van der Waals surface area contributed by atoms with Crippen LogP contribution in [0.2, 0.25) is 0 Å². The first kappa shape index (κ1) is 14.1. The first-order valence-corrected chi connectivity index (χ1v) is 7.66. The third-order valence-electron chi connectivity index (χ3n) is 3.79. The Balaban J connectivity index is 1.70. The molecule has 0 atom stereocenters. The van der Waals surface area contributed by atoms with Gasteiger partial charge in [-0.15, -0.1) is 0 Å². The van der Waals surface area contributed by atoms with E-state index in [9.17, 15) is 0 Å². The van der Waals surface area contributed by atoms with Crippen LogP contribution in [0.15, 0.2) is 42.7 Å². The number of pyridine rings is 1. The Morgan fingerprint density at radius 3 is 2.62 bits per heavy atom. The van der Waals surface area contributed by atoms with Crippen molar-refractivity contribution in [2.45, 2.75) is 45.2 Å². The average molecular weight is 282 g/mol. The van der Waals surface area contributed by atoms with Crippen LogP contribution in [0.1, 0.15) is 43.7 Å². The van der Waals surface area contributed by atoms with E-state index in [1.807, 2.05) is 24.4 Å². The summed E-state index contributed by atoms with van der Waals surface area (Å²) in [5.74, 6) is 2.30. The Hall–Kier alpha value is -1.87. The fourth-order valence-corrected chi connectivity index (χ4v) is 2.24. The number of benzene rings is 1. The summed E-state index contributed by atoms with van der Waals surface area (Å²) in [6.45, 7) is 5.21. The van der Waals surface area contributed by atoms with E-state index in [0.717, 1.165) is 23.6 Å². The lowest BCUT2D eigenvalue weighted by atomic mass is 10.0. The molecule has 2 aromatic rings. The summed E-state index contributed by atoms with van der Waals surface area (Å²) in [5, 5.41) is 3.50. The maximum absolute atomic E-state index is 6.02. The van der Waals surface area contributed by atoms with Gasteiger partial charge in [0.1, 0.15) is 11.5 Å². The number of rotatable bonds is 6. The second-order valence-electron chi connectivity index (χ2n) is 5.96. The topological polar surface area (TPSA) is 34.1 Å². The van der Waals surface area contributed by atoms with Gasteiger partial charge in [-0.25, -0.2) is 0 Å². The molecule has 0 radical (unpaired) electrons. The zero-order valence-electron chi connectivity index (χ0n) is 12.7. The molecule has 21 heavy (non-hydrogen) atoms. The van der Waals surface area contributed by atoms with Crippen LogP contribution >= 0.6 is 0 Å². The van der Waals surface area contributed by atoms with Crippen molar-refractivity contribution < 1.29 is 4.74 Å². The molecule has 3 nitrogen and oxygen atoms in total. The highest BCUT2D eigenvalue weighted by molar-refractivity contribution is 5.37. The van der Waals surface area contributed by atoms with E-state index in [2.05, 4.69) is 36.3 Å². The van der Waals surface area contributed by atoms with Gasteiger partial charge in [0.15, 0.2) is 0 Å². The number of nitrogens with one attached hydrogen (secondary N) is 1. The van der Waals surface area contributed by atoms with Gasteiger partial charge in [-0.1, -0.05) is 26.0 Å². The van der Waals surface area contributed by atoms with E-state index in [1.54, 1.807) is 6.20 Å². The second kappa shape index (κ2) is 6.27. The Morgan fingerprint density at radius 1 is 1.19 bits per heavy atom. The Bertz CT molecular complexity index is 588. The normalized spacial score (nSPS) is 14.4. The number of hydrogen-bond donors (Lipinski definition) is 1. The molecule has 0 amide bonds. The summed E-state index contributed by atoms with van der Waals surface area (Å²) in [6, 6.07) is 10.9. The van der Waals surface area contributed by atoms with Gasteiger partial charge >= 0.3 is 0 Å². The molecule has 0 spiro atoms. The molecular weight excluding hydrogens is 260 g/mol. The number of hydrogen-bond acceptors (Lipinski definition) is 3. The smallest absolute Gasteiger partial charge is 0.134 e. The van der Waals surface area contributed by atoms with Gasteiger partial charge in [0.25, 0.3) is 0 Å². The summed E-state index contributed by atoms with van der Waals surface area (Å²) >= 11 is 0. The highest BCUT2D eigenvalue weighted by atomic mass is 16.5. The molecule has 3 rings (SSSR count). The zero-order chi connectivity index (χ0) is 14.7. The van der Waals surface area contributed by atoms with E-state index in [1.165, 1.54) is 18.4 Å². The Kier molecular flexibility index (Phi) is 4.20. The third-order valence-corrected chi connectivity index (χ3v) is 3.79. The predicted molar refractivity (Wildman–Crippen MR) is 84.7 cm³/mol. The fraction of sp³-hybridized carbons (Fsp3) is 0.389. The summed E-state index contributed by atoms with van der Waals surface area (Å²) in [7, 11) is 0. The lowest BCUT2D eigenvalue weighted by Gasteiger charge is -2.12. The largest absolute Gasteiger partial charge is 0.457 e. The minimum absolute atomic E-state index is 0.540. The zero-order valence-corrected chi connectivity index (χ0v) is 12.7. The van der Waals surface area contributed by atoms with Crippen molar-refractivity contribution in [1.29, 1.82) is 0 Å².